The summed E-state index contributed by atoms with van der Waals surface area (Å²) in [6, 6.07) is 4.73. The first kappa shape index (κ1) is 21.0. The fourth-order valence-electron chi connectivity index (χ4n) is 3.98. The number of carbonyl (C=O) groups excluding carboxylic acids is 2. The van der Waals surface area contributed by atoms with Crippen molar-refractivity contribution in [1.29, 1.82) is 0 Å². The number of hydrogen-bond donors (Lipinski definition) is 1. The number of benzene rings is 1. The van der Waals surface area contributed by atoms with Crippen LogP contribution in [0, 0.1) is 6.92 Å². The number of allylic oxidation sites excluding steroid dienone is 1. The van der Waals surface area contributed by atoms with Crippen molar-refractivity contribution in [3.8, 4) is 0 Å². The van der Waals surface area contributed by atoms with Gasteiger partial charge in [-0.05, 0) is 38.3 Å². The third-order valence-corrected chi connectivity index (χ3v) is 5.52. The average molecular weight is 396 g/mol. The summed E-state index contributed by atoms with van der Waals surface area (Å²) in [6.07, 6.45) is 6.06. The van der Waals surface area contributed by atoms with E-state index in [-0.39, 0.29) is 17.2 Å². The van der Waals surface area contributed by atoms with Gasteiger partial charge in [-0.15, -0.1) is 0 Å². The number of nitrogens with one attached hydrogen (secondary N) is 1. The van der Waals surface area contributed by atoms with Crippen molar-refractivity contribution in [1.82, 2.24) is 9.55 Å². The summed E-state index contributed by atoms with van der Waals surface area (Å²) in [5.74, 6) is 0.395. The van der Waals surface area contributed by atoms with Gasteiger partial charge in [0.2, 0.25) is 5.91 Å². The predicted molar refractivity (Wildman–Crippen MR) is 115 cm³/mol. The quantitative estimate of drug-likeness (QED) is 0.554. The van der Waals surface area contributed by atoms with Crippen LogP contribution in [0.2, 0.25) is 0 Å². The van der Waals surface area contributed by atoms with Gasteiger partial charge in [0.25, 0.3) is 5.56 Å². The minimum atomic E-state index is -0.525. The highest BCUT2D eigenvalue weighted by molar-refractivity contribution is 6.00. The fourth-order valence-corrected chi connectivity index (χ4v) is 3.98. The van der Waals surface area contributed by atoms with Crippen LogP contribution in [-0.2, 0) is 9.59 Å². The zero-order valence-corrected chi connectivity index (χ0v) is 17.3. The molecule has 3 rings (SSSR count). The molecule has 1 N–H and O–H groups in total. The third kappa shape index (κ3) is 4.63. The van der Waals surface area contributed by atoms with Gasteiger partial charge in [-0.2, -0.15) is 0 Å². The van der Waals surface area contributed by atoms with Crippen LogP contribution in [0.25, 0.3) is 10.9 Å². The van der Waals surface area contributed by atoms with E-state index in [9.17, 15) is 14.4 Å². The van der Waals surface area contributed by atoms with E-state index in [1.807, 2.05) is 0 Å². The minimum absolute atomic E-state index is 0.00922. The topological polar surface area (TPSA) is 81.1 Å². The monoisotopic (exact) mass is 395 g/mol. The van der Waals surface area contributed by atoms with Gasteiger partial charge in [0.05, 0.1) is 22.6 Å². The van der Waals surface area contributed by atoms with Crippen LogP contribution in [0.3, 0.4) is 0 Å². The van der Waals surface area contributed by atoms with Gasteiger partial charge < -0.3 is 5.32 Å². The molecule has 1 aromatic carbocycles. The predicted octanol–water partition coefficient (Wildman–Crippen LogP) is 4.46. The molecule has 1 unspecified atom stereocenters. The normalized spacial score (nSPS) is 17.0. The van der Waals surface area contributed by atoms with Gasteiger partial charge >= 0.3 is 0 Å². The molecule has 0 radical (unpaired) electrons. The lowest BCUT2D eigenvalue weighted by atomic mass is 9.90. The van der Waals surface area contributed by atoms with Gasteiger partial charge in [0.1, 0.15) is 5.82 Å². The minimum Gasteiger partial charge on any atom is -0.325 e. The van der Waals surface area contributed by atoms with Crippen molar-refractivity contribution in [2.75, 3.05) is 5.32 Å². The molecule has 0 saturated heterocycles. The number of aryl methyl sites for hydroxylation is 1. The van der Waals surface area contributed by atoms with Crippen molar-refractivity contribution in [3.05, 3.63) is 46.5 Å². The molecular weight excluding hydrogens is 366 g/mol. The van der Waals surface area contributed by atoms with Crippen molar-refractivity contribution in [2.45, 2.75) is 71.3 Å². The largest absolute Gasteiger partial charge is 0.325 e. The Morgan fingerprint density at radius 2 is 2.07 bits per heavy atom. The second-order valence-corrected chi connectivity index (χ2v) is 7.84. The summed E-state index contributed by atoms with van der Waals surface area (Å²) in [4.78, 5) is 42.9. The van der Waals surface area contributed by atoms with Crippen molar-refractivity contribution < 1.29 is 9.59 Å². The van der Waals surface area contributed by atoms with Gasteiger partial charge in [-0.25, -0.2) is 4.98 Å². The number of unbranched alkanes of at least 4 members (excludes halogenated alkanes) is 3. The van der Waals surface area contributed by atoms with Crippen LogP contribution in [-0.4, -0.2) is 21.2 Å². The maximum absolute atomic E-state index is 13.4. The SMILES string of the molecule is C=C1CCC(n2c(C)nc3cccc(NC(=O)CCCCCC)c3c2=O)C(=O)C1. The first-order chi connectivity index (χ1) is 13.9. The maximum atomic E-state index is 13.4. The van der Waals surface area contributed by atoms with E-state index in [1.165, 1.54) is 4.57 Å². The summed E-state index contributed by atoms with van der Waals surface area (Å²) in [6.45, 7) is 7.77. The lowest BCUT2D eigenvalue weighted by Crippen LogP contribution is -2.35. The molecule has 1 fully saturated rings. The Bertz CT molecular complexity index is 1010. The summed E-state index contributed by atoms with van der Waals surface area (Å²) in [5.41, 5.74) is 1.61. The molecule has 2 aromatic rings. The number of carbonyl (C=O) groups is 2. The Hall–Kier alpha value is -2.76. The van der Waals surface area contributed by atoms with Crippen LogP contribution in [0.5, 0.6) is 0 Å². The number of hydrogen-bond acceptors (Lipinski definition) is 4. The molecule has 1 saturated carbocycles. The Kier molecular flexibility index (Phi) is 6.62. The molecular formula is C23H29N3O3. The highest BCUT2D eigenvalue weighted by Crippen LogP contribution is 2.29. The van der Waals surface area contributed by atoms with Crippen LogP contribution < -0.4 is 10.9 Å². The number of fused-ring (bicyclic) bond motifs is 1. The lowest BCUT2D eigenvalue weighted by molar-refractivity contribution is -0.122. The van der Waals surface area contributed by atoms with E-state index in [4.69, 9.17) is 0 Å². The van der Waals surface area contributed by atoms with Gasteiger partial charge in [-0.1, -0.05) is 44.4 Å². The van der Waals surface area contributed by atoms with Crippen LogP contribution in [0.4, 0.5) is 5.69 Å². The summed E-state index contributed by atoms with van der Waals surface area (Å²) < 4.78 is 1.49. The first-order valence-electron chi connectivity index (χ1n) is 10.4. The van der Waals surface area contributed by atoms with Crippen molar-refractivity contribution in [2.24, 2.45) is 0 Å². The molecule has 0 aliphatic heterocycles. The smallest absolute Gasteiger partial charge is 0.264 e. The Balaban J connectivity index is 1.94. The summed E-state index contributed by atoms with van der Waals surface area (Å²) in [5, 5.41) is 3.24. The van der Waals surface area contributed by atoms with Gasteiger partial charge in [0, 0.05) is 12.8 Å². The summed E-state index contributed by atoms with van der Waals surface area (Å²) in [7, 11) is 0. The van der Waals surface area contributed by atoms with E-state index in [2.05, 4.69) is 23.8 Å². The molecule has 29 heavy (non-hydrogen) atoms. The zero-order valence-electron chi connectivity index (χ0n) is 17.3. The zero-order chi connectivity index (χ0) is 21.0. The number of amides is 1. The average Bonchev–Trinajstić information content (AvgIpc) is 2.66. The maximum Gasteiger partial charge on any atom is 0.264 e. The standard InChI is InChI=1S/C23H29N3O3/c1-4-5-6-7-11-21(28)25-18-10-8-9-17-22(18)23(29)26(16(3)24-17)19-13-12-15(2)14-20(19)27/h8-10,19H,2,4-7,11-14H2,1,3H3,(H,25,28). The first-order valence-corrected chi connectivity index (χ1v) is 10.4. The van der Waals surface area contributed by atoms with Crippen LogP contribution >= 0.6 is 0 Å². The highest BCUT2D eigenvalue weighted by atomic mass is 16.2. The fraction of sp³-hybridized carbons (Fsp3) is 0.478. The number of Topliss-reactive ketones (excluding diaryl/α,β-unsaturated/α-hetero) is 1. The molecule has 6 heteroatoms. The Morgan fingerprint density at radius 3 is 2.79 bits per heavy atom. The molecule has 1 atom stereocenters. The van der Waals surface area contributed by atoms with E-state index < -0.39 is 6.04 Å². The van der Waals surface area contributed by atoms with Crippen LogP contribution in [0.15, 0.2) is 35.1 Å². The molecule has 1 heterocycles. The number of ketones is 1. The third-order valence-electron chi connectivity index (χ3n) is 5.52. The Morgan fingerprint density at radius 1 is 1.28 bits per heavy atom. The molecule has 1 amide bonds. The molecule has 1 aliphatic rings. The van der Waals surface area contributed by atoms with Gasteiger partial charge in [0.15, 0.2) is 5.78 Å². The van der Waals surface area contributed by atoms with Crippen LogP contribution in [0.1, 0.15) is 70.2 Å². The molecule has 154 valence electrons. The lowest BCUT2D eigenvalue weighted by Gasteiger charge is -2.26. The molecule has 1 aliphatic carbocycles. The second kappa shape index (κ2) is 9.16. The number of rotatable bonds is 7. The molecule has 6 nitrogen and oxygen atoms in total. The van der Waals surface area contributed by atoms with E-state index in [0.717, 1.165) is 37.7 Å². The van der Waals surface area contributed by atoms with Gasteiger partial charge in [-0.3, -0.25) is 19.0 Å². The van der Waals surface area contributed by atoms with E-state index in [0.29, 0.717) is 41.7 Å². The number of nitrogens with zero attached hydrogens (tertiary/aromatic N) is 2. The number of anilines is 1. The van der Waals surface area contributed by atoms with E-state index in [1.54, 1.807) is 25.1 Å². The van der Waals surface area contributed by atoms with Crippen molar-refractivity contribution in [3.63, 3.8) is 0 Å². The Labute approximate surface area is 171 Å². The number of aromatic nitrogens is 2. The van der Waals surface area contributed by atoms with E-state index >= 15 is 0 Å². The highest BCUT2D eigenvalue weighted by Gasteiger charge is 2.29. The molecule has 1 aromatic heterocycles. The molecule has 0 bridgehead atoms. The second-order valence-electron chi connectivity index (χ2n) is 7.84. The summed E-state index contributed by atoms with van der Waals surface area (Å²) >= 11 is 0. The van der Waals surface area contributed by atoms with Crippen molar-refractivity contribution >= 4 is 28.3 Å². The molecule has 0 spiro atoms.